The fraction of sp³-hybridized carbons (Fsp3) is 0.500. The van der Waals surface area contributed by atoms with E-state index in [-0.39, 0.29) is 11.7 Å². The lowest BCUT2D eigenvalue weighted by molar-refractivity contribution is -0.130. The fourth-order valence-electron chi connectivity index (χ4n) is 4.81. The molecule has 1 amide bonds. The van der Waals surface area contributed by atoms with E-state index < -0.39 is 0 Å². The van der Waals surface area contributed by atoms with Crippen LogP contribution in [0.4, 0.5) is 4.39 Å². The smallest absolute Gasteiger partial charge is 0.219 e. The number of carbonyl (C=O) groups is 1. The Morgan fingerprint density at radius 2 is 1.90 bits per heavy atom. The van der Waals surface area contributed by atoms with Crippen LogP contribution in [0.3, 0.4) is 0 Å². The van der Waals surface area contributed by atoms with E-state index in [1.54, 1.807) is 19.1 Å². The quantitative estimate of drug-likeness (QED) is 0.785. The van der Waals surface area contributed by atoms with Gasteiger partial charge in [-0.2, -0.15) is 0 Å². The first-order chi connectivity index (χ1) is 14.1. The molecule has 4 nitrogen and oxygen atoms in total. The first-order valence-corrected chi connectivity index (χ1v) is 10.8. The second kappa shape index (κ2) is 9.04. The highest BCUT2D eigenvalue weighted by molar-refractivity contribution is 5.73. The zero-order valence-electron chi connectivity index (χ0n) is 17.2. The first kappa shape index (κ1) is 20.0. The highest BCUT2D eigenvalue weighted by Gasteiger charge is 2.30. The van der Waals surface area contributed by atoms with Crippen molar-refractivity contribution in [3.8, 4) is 0 Å². The summed E-state index contributed by atoms with van der Waals surface area (Å²) >= 11 is 0. The van der Waals surface area contributed by atoms with Crippen LogP contribution in [0.1, 0.15) is 55.5 Å². The summed E-state index contributed by atoms with van der Waals surface area (Å²) in [6, 6.07) is 13.6. The molecule has 2 saturated heterocycles. The molecule has 0 saturated carbocycles. The minimum atomic E-state index is -0.197. The van der Waals surface area contributed by atoms with Gasteiger partial charge in [0.1, 0.15) is 5.82 Å². The van der Waals surface area contributed by atoms with E-state index in [2.05, 4.69) is 17.0 Å². The molecule has 29 heavy (non-hydrogen) atoms. The maximum Gasteiger partial charge on any atom is 0.219 e. The lowest BCUT2D eigenvalue weighted by Crippen LogP contribution is -2.49. The van der Waals surface area contributed by atoms with Crippen LogP contribution in [-0.4, -0.2) is 52.9 Å². The molecule has 0 aliphatic carbocycles. The standard InChI is InChI=1S/C24H30FN3O/c1-18(29)27-13-10-23(11-14-27)28-12-4-6-20(17-28)24-9-3-8-22(26-24)16-19-5-2-7-21(25)15-19/h2-3,5,7-9,15,20,23H,4,6,10-14,16-17H2,1H3/t20-/m0/s1. The number of likely N-dealkylation sites (tertiary alicyclic amines) is 2. The van der Waals surface area contributed by atoms with Gasteiger partial charge in [-0.15, -0.1) is 0 Å². The second-order valence-electron chi connectivity index (χ2n) is 8.43. The maximum atomic E-state index is 13.5. The molecular weight excluding hydrogens is 365 g/mol. The Balaban J connectivity index is 1.40. The van der Waals surface area contributed by atoms with Crippen molar-refractivity contribution in [1.82, 2.24) is 14.8 Å². The average molecular weight is 396 g/mol. The van der Waals surface area contributed by atoms with E-state index >= 15 is 0 Å². The minimum absolute atomic E-state index is 0.194. The fourth-order valence-corrected chi connectivity index (χ4v) is 4.81. The zero-order valence-corrected chi connectivity index (χ0v) is 17.2. The molecule has 2 fully saturated rings. The number of piperidine rings is 2. The third-order valence-electron chi connectivity index (χ3n) is 6.40. The largest absolute Gasteiger partial charge is 0.343 e. The zero-order chi connectivity index (χ0) is 20.2. The Bertz CT molecular complexity index is 848. The van der Waals surface area contributed by atoms with Gasteiger partial charge in [0.05, 0.1) is 0 Å². The van der Waals surface area contributed by atoms with E-state index in [0.29, 0.717) is 18.4 Å². The number of carbonyl (C=O) groups excluding carboxylic acids is 1. The highest BCUT2D eigenvalue weighted by Crippen LogP contribution is 2.29. The summed E-state index contributed by atoms with van der Waals surface area (Å²) in [6.07, 6.45) is 5.15. The van der Waals surface area contributed by atoms with E-state index in [4.69, 9.17) is 4.98 Å². The van der Waals surface area contributed by atoms with Crippen LogP contribution < -0.4 is 0 Å². The van der Waals surface area contributed by atoms with Crippen molar-refractivity contribution in [3.63, 3.8) is 0 Å². The van der Waals surface area contributed by atoms with Crippen molar-refractivity contribution in [1.29, 1.82) is 0 Å². The van der Waals surface area contributed by atoms with Crippen LogP contribution in [0.5, 0.6) is 0 Å². The van der Waals surface area contributed by atoms with E-state index in [9.17, 15) is 9.18 Å². The summed E-state index contributed by atoms with van der Waals surface area (Å²) in [6.45, 7) is 5.61. The van der Waals surface area contributed by atoms with Crippen molar-refractivity contribution < 1.29 is 9.18 Å². The van der Waals surface area contributed by atoms with Crippen molar-refractivity contribution >= 4 is 5.91 Å². The lowest BCUT2D eigenvalue weighted by atomic mass is 9.91. The molecule has 0 bridgehead atoms. The monoisotopic (exact) mass is 395 g/mol. The van der Waals surface area contributed by atoms with Crippen LogP contribution in [0, 0.1) is 5.82 Å². The summed E-state index contributed by atoms with van der Waals surface area (Å²) in [5, 5.41) is 0. The van der Waals surface area contributed by atoms with Gasteiger partial charge >= 0.3 is 0 Å². The van der Waals surface area contributed by atoms with E-state index in [1.807, 2.05) is 17.0 Å². The SMILES string of the molecule is CC(=O)N1CCC(N2CCC[C@H](c3cccc(Cc4cccc(F)c4)n3)C2)CC1. The molecule has 2 aromatic rings. The van der Waals surface area contributed by atoms with Crippen molar-refractivity contribution in [3.05, 3.63) is 65.2 Å². The third-order valence-corrected chi connectivity index (χ3v) is 6.40. The Kier molecular flexibility index (Phi) is 6.24. The Morgan fingerprint density at radius 1 is 1.10 bits per heavy atom. The maximum absolute atomic E-state index is 13.5. The van der Waals surface area contributed by atoms with Crippen molar-refractivity contribution in [2.45, 2.75) is 51.0 Å². The molecular formula is C24H30FN3O. The minimum Gasteiger partial charge on any atom is -0.343 e. The number of halogens is 1. The second-order valence-corrected chi connectivity index (χ2v) is 8.43. The molecule has 1 aromatic heterocycles. The Labute approximate surface area is 172 Å². The molecule has 2 aliphatic rings. The van der Waals surface area contributed by atoms with Crippen molar-refractivity contribution in [2.75, 3.05) is 26.2 Å². The third kappa shape index (κ3) is 5.02. The van der Waals surface area contributed by atoms with Crippen LogP contribution in [0.2, 0.25) is 0 Å². The summed E-state index contributed by atoms with van der Waals surface area (Å²) in [7, 11) is 0. The van der Waals surface area contributed by atoms with Crippen LogP contribution in [0.15, 0.2) is 42.5 Å². The Morgan fingerprint density at radius 3 is 2.66 bits per heavy atom. The topological polar surface area (TPSA) is 36.4 Å². The first-order valence-electron chi connectivity index (χ1n) is 10.8. The molecule has 0 unspecified atom stereocenters. The highest BCUT2D eigenvalue weighted by atomic mass is 19.1. The number of rotatable bonds is 4. The summed E-state index contributed by atoms with van der Waals surface area (Å²) in [5.74, 6) is 0.443. The molecule has 1 aromatic carbocycles. The molecule has 3 heterocycles. The average Bonchev–Trinajstić information content (AvgIpc) is 2.74. The molecule has 0 spiro atoms. The van der Waals surface area contributed by atoms with Gasteiger partial charge in [-0.3, -0.25) is 14.7 Å². The number of benzene rings is 1. The molecule has 1 atom stereocenters. The van der Waals surface area contributed by atoms with Gasteiger partial charge in [-0.05, 0) is 62.1 Å². The summed E-state index contributed by atoms with van der Waals surface area (Å²) in [5.41, 5.74) is 3.11. The molecule has 5 heteroatoms. The molecule has 0 N–H and O–H groups in total. The van der Waals surface area contributed by atoms with Gasteiger partial charge in [-0.1, -0.05) is 18.2 Å². The number of amides is 1. The van der Waals surface area contributed by atoms with Gasteiger partial charge in [0.15, 0.2) is 0 Å². The Hall–Kier alpha value is -2.27. The normalized spacial score (nSPS) is 21.3. The summed E-state index contributed by atoms with van der Waals surface area (Å²) in [4.78, 5) is 21.1. The van der Waals surface area contributed by atoms with Gasteiger partial charge in [0.2, 0.25) is 5.91 Å². The van der Waals surface area contributed by atoms with Crippen LogP contribution in [0.25, 0.3) is 0 Å². The molecule has 0 radical (unpaired) electrons. The predicted molar refractivity (Wildman–Crippen MR) is 112 cm³/mol. The number of hydrogen-bond donors (Lipinski definition) is 0. The van der Waals surface area contributed by atoms with Gasteiger partial charge < -0.3 is 4.90 Å². The number of hydrogen-bond acceptors (Lipinski definition) is 3. The lowest BCUT2D eigenvalue weighted by Gasteiger charge is -2.42. The van der Waals surface area contributed by atoms with Crippen LogP contribution in [-0.2, 0) is 11.2 Å². The van der Waals surface area contributed by atoms with Gasteiger partial charge in [0, 0.05) is 56.3 Å². The van der Waals surface area contributed by atoms with Gasteiger partial charge in [-0.25, -0.2) is 4.39 Å². The summed E-state index contributed by atoms with van der Waals surface area (Å²) < 4.78 is 13.5. The van der Waals surface area contributed by atoms with Crippen LogP contribution >= 0.6 is 0 Å². The molecule has 154 valence electrons. The molecule has 4 rings (SSSR count). The predicted octanol–water partition coefficient (Wildman–Crippen LogP) is 4.00. The van der Waals surface area contributed by atoms with E-state index in [0.717, 1.165) is 56.0 Å². The van der Waals surface area contributed by atoms with Crippen molar-refractivity contribution in [2.24, 2.45) is 0 Å². The van der Waals surface area contributed by atoms with Gasteiger partial charge in [0.25, 0.3) is 0 Å². The number of pyridine rings is 1. The van der Waals surface area contributed by atoms with E-state index in [1.165, 1.54) is 18.9 Å². The number of nitrogens with zero attached hydrogens (tertiary/aromatic N) is 3. The molecule has 2 aliphatic heterocycles. The number of aromatic nitrogens is 1.